The molecule has 1 atom stereocenters. The molecule has 2 aromatic carbocycles. The summed E-state index contributed by atoms with van der Waals surface area (Å²) >= 11 is 5.87. The molecule has 0 spiro atoms. The summed E-state index contributed by atoms with van der Waals surface area (Å²) in [4.78, 5) is 26.8. The van der Waals surface area contributed by atoms with E-state index in [9.17, 15) is 9.59 Å². The molecule has 0 aliphatic carbocycles. The van der Waals surface area contributed by atoms with Gasteiger partial charge in [0.25, 0.3) is 11.8 Å². The highest BCUT2D eigenvalue weighted by atomic mass is 35.5. The highest BCUT2D eigenvalue weighted by molar-refractivity contribution is 6.30. The Bertz CT molecular complexity index is 830. The standard InChI is InChI=1S/C22H25ClN2O3/c1-15-4-3-5-17(14-15)21(26)24-19-10-12-25(13-11-19)22(27)16(2)28-20-8-6-18(23)7-9-20/h3-9,14,16,19H,10-13H2,1-2H3,(H,24,26). The fourth-order valence-corrected chi connectivity index (χ4v) is 3.45. The van der Waals surface area contributed by atoms with Gasteiger partial charge in [-0.15, -0.1) is 0 Å². The van der Waals surface area contributed by atoms with Gasteiger partial charge in [-0.2, -0.15) is 0 Å². The lowest BCUT2D eigenvalue weighted by Gasteiger charge is -2.33. The van der Waals surface area contributed by atoms with E-state index in [-0.39, 0.29) is 17.9 Å². The molecule has 28 heavy (non-hydrogen) atoms. The average molecular weight is 401 g/mol. The van der Waals surface area contributed by atoms with Gasteiger partial charge >= 0.3 is 0 Å². The lowest BCUT2D eigenvalue weighted by Crippen LogP contribution is -2.49. The fraction of sp³-hybridized carbons (Fsp3) is 0.364. The quantitative estimate of drug-likeness (QED) is 0.829. The van der Waals surface area contributed by atoms with Crippen LogP contribution in [0.3, 0.4) is 0 Å². The molecule has 1 unspecified atom stereocenters. The normalized spacial score (nSPS) is 15.8. The van der Waals surface area contributed by atoms with Crippen molar-refractivity contribution in [2.45, 2.75) is 38.8 Å². The Morgan fingerprint density at radius 2 is 1.82 bits per heavy atom. The van der Waals surface area contributed by atoms with E-state index in [0.717, 1.165) is 18.4 Å². The molecular weight excluding hydrogens is 376 g/mol. The lowest BCUT2D eigenvalue weighted by molar-refractivity contribution is -0.139. The summed E-state index contributed by atoms with van der Waals surface area (Å²) in [6, 6.07) is 14.6. The number of amides is 2. The maximum Gasteiger partial charge on any atom is 0.263 e. The molecule has 1 heterocycles. The van der Waals surface area contributed by atoms with Crippen LogP contribution in [-0.2, 0) is 4.79 Å². The third kappa shape index (κ3) is 5.26. The van der Waals surface area contributed by atoms with Crippen LogP contribution in [0, 0.1) is 6.92 Å². The minimum Gasteiger partial charge on any atom is -0.481 e. The summed E-state index contributed by atoms with van der Waals surface area (Å²) in [5.74, 6) is 0.511. The molecule has 148 valence electrons. The number of benzene rings is 2. The van der Waals surface area contributed by atoms with Crippen LogP contribution >= 0.6 is 11.6 Å². The van der Waals surface area contributed by atoms with Crippen molar-refractivity contribution in [3.05, 3.63) is 64.7 Å². The van der Waals surface area contributed by atoms with E-state index in [1.54, 1.807) is 36.1 Å². The maximum atomic E-state index is 12.6. The molecule has 0 radical (unpaired) electrons. The minimum atomic E-state index is -0.570. The third-order valence-corrected chi connectivity index (χ3v) is 5.15. The van der Waals surface area contributed by atoms with Gasteiger partial charge in [-0.3, -0.25) is 9.59 Å². The zero-order valence-corrected chi connectivity index (χ0v) is 16.9. The maximum absolute atomic E-state index is 12.6. The summed E-state index contributed by atoms with van der Waals surface area (Å²) in [6.07, 6.45) is 0.896. The van der Waals surface area contributed by atoms with Crippen molar-refractivity contribution >= 4 is 23.4 Å². The number of carbonyl (C=O) groups is 2. The first kappa shape index (κ1) is 20.2. The van der Waals surface area contributed by atoms with Gasteiger partial charge in [0.15, 0.2) is 6.10 Å². The second-order valence-corrected chi connectivity index (χ2v) is 7.59. The fourth-order valence-electron chi connectivity index (χ4n) is 3.32. The molecule has 0 bridgehead atoms. The van der Waals surface area contributed by atoms with Crippen LogP contribution in [0.5, 0.6) is 5.75 Å². The van der Waals surface area contributed by atoms with E-state index in [1.807, 2.05) is 31.2 Å². The summed E-state index contributed by atoms with van der Waals surface area (Å²) in [5.41, 5.74) is 1.73. The summed E-state index contributed by atoms with van der Waals surface area (Å²) in [5, 5.41) is 3.70. The largest absolute Gasteiger partial charge is 0.481 e. The van der Waals surface area contributed by atoms with Crippen molar-refractivity contribution < 1.29 is 14.3 Å². The minimum absolute atomic E-state index is 0.0431. The van der Waals surface area contributed by atoms with Crippen LogP contribution in [0.15, 0.2) is 48.5 Å². The van der Waals surface area contributed by atoms with Crippen LogP contribution in [0.4, 0.5) is 0 Å². The van der Waals surface area contributed by atoms with Crippen molar-refractivity contribution in [3.8, 4) is 5.75 Å². The number of hydrogen-bond acceptors (Lipinski definition) is 3. The smallest absolute Gasteiger partial charge is 0.263 e. The number of ether oxygens (including phenoxy) is 1. The number of nitrogens with zero attached hydrogens (tertiary/aromatic N) is 1. The molecule has 1 fully saturated rings. The molecule has 0 saturated carbocycles. The van der Waals surface area contributed by atoms with Gasteiger partial charge in [0.05, 0.1) is 0 Å². The monoisotopic (exact) mass is 400 g/mol. The van der Waals surface area contributed by atoms with Crippen LogP contribution in [0.2, 0.25) is 5.02 Å². The zero-order valence-electron chi connectivity index (χ0n) is 16.2. The molecule has 5 nitrogen and oxygen atoms in total. The van der Waals surface area contributed by atoms with E-state index in [2.05, 4.69) is 5.32 Å². The lowest BCUT2D eigenvalue weighted by atomic mass is 10.0. The van der Waals surface area contributed by atoms with Crippen molar-refractivity contribution in [3.63, 3.8) is 0 Å². The van der Waals surface area contributed by atoms with Gasteiger partial charge in [0, 0.05) is 29.7 Å². The molecular formula is C22H25ClN2O3. The van der Waals surface area contributed by atoms with Crippen LogP contribution in [0.25, 0.3) is 0 Å². The molecule has 1 saturated heterocycles. The van der Waals surface area contributed by atoms with E-state index < -0.39 is 6.10 Å². The van der Waals surface area contributed by atoms with Crippen LogP contribution in [-0.4, -0.2) is 41.9 Å². The van der Waals surface area contributed by atoms with E-state index in [0.29, 0.717) is 29.4 Å². The summed E-state index contributed by atoms with van der Waals surface area (Å²) in [6.45, 7) is 4.93. The zero-order chi connectivity index (χ0) is 20.1. The molecule has 3 rings (SSSR count). The molecule has 0 aromatic heterocycles. The number of piperidine rings is 1. The third-order valence-electron chi connectivity index (χ3n) is 4.90. The predicted octanol–water partition coefficient (Wildman–Crippen LogP) is 3.84. The van der Waals surface area contributed by atoms with E-state index in [4.69, 9.17) is 16.3 Å². The number of rotatable bonds is 5. The Kier molecular flexibility index (Phi) is 6.57. The number of nitrogens with one attached hydrogen (secondary N) is 1. The number of carbonyl (C=O) groups excluding carboxylic acids is 2. The van der Waals surface area contributed by atoms with Gasteiger partial charge in [-0.25, -0.2) is 0 Å². The topological polar surface area (TPSA) is 58.6 Å². The second kappa shape index (κ2) is 9.11. The number of aryl methyl sites for hydroxylation is 1. The van der Waals surface area contributed by atoms with Crippen LogP contribution < -0.4 is 10.1 Å². The Hall–Kier alpha value is -2.53. The van der Waals surface area contributed by atoms with Crippen molar-refractivity contribution in [2.24, 2.45) is 0 Å². The Labute approximate surface area is 170 Å². The number of hydrogen-bond donors (Lipinski definition) is 1. The predicted molar refractivity (Wildman–Crippen MR) is 110 cm³/mol. The highest BCUT2D eigenvalue weighted by Gasteiger charge is 2.27. The van der Waals surface area contributed by atoms with Crippen molar-refractivity contribution in [2.75, 3.05) is 13.1 Å². The molecule has 1 aliphatic heterocycles. The SMILES string of the molecule is Cc1cccc(C(=O)NC2CCN(C(=O)C(C)Oc3ccc(Cl)cc3)CC2)c1. The molecule has 1 N–H and O–H groups in total. The van der Waals surface area contributed by atoms with Gasteiger partial charge in [0.2, 0.25) is 0 Å². The summed E-state index contributed by atoms with van der Waals surface area (Å²) in [7, 11) is 0. The second-order valence-electron chi connectivity index (χ2n) is 7.16. The molecule has 1 aliphatic rings. The van der Waals surface area contributed by atoms with E-state index in [1.165, 1.54) is 0 Å². The van der Waals surface area contributed by atoms with Gasteiger partial charge in [-0.1, -0.05) is 29.3 Å². The van der Waals surface area contributed by atoms with Crippen molar-refractivity contribution in [1.29, 1.82) is 0 Å². The number of halogens is 1. The molecule has 2 aromatic rings. The summed E-state index contributed by atoms with van der Waals surface area (Å²) < 4.78 is 5.73. The molecule has 2 amide bonds. The van der Waals surface area contributed by atoms with Crippen molar-refractivity contribution in [1.82, 2.24) is 10.2 Å². The van der Waals surface area contributed by atoms with Gasteiger partial charge in [-0.05, 0) is 63.1 Å². The Balaban J connectivity index is 1.48. The average Bonchev–Trinajstić information content (AvgIpc) is 2.69. The van der Waals surface area contributed by atoms with Gasteiger partial charge in [0.1, 0.15) is 5.75 Å². The number of likely N-dealkylation sites (tertiary alicyclic amines) is 1. The first-order chi connectivity index (χ1) is 13.4. The Morgan fingerprint density at radius 1 is 1.14 bits per heavy atom. The van der Waals surface area contributed by atoms with E-state index >= 15 is 0 Å². The van der Waals surface area contributed by atoms with Gasteiger partial charge < -0.3 is 15.0 Å². The molecule has 6 heteroatoms. The first-order valence-electron chi connectivity index (χ1n) is 9.51. The Morgan fingerprint density at radius 3 is 2.46 bits per heavy atom. The first-order valence-corrected chi connectivity index (χ1v) is 9.89. The van der Waals surface area contributed by atoms with Crippen LogP contribution in [0.1, 0.15) is 35.7 Å². The highest BCUT2D eigenvalue weighted by Crippen LogP contribution is 2.19.